The van der Waals surface area contributed by atoms with Crippen LogP contribution in [0.25, 0.3) is 0 Å². The lowest BCUT2D eigenvalue weighted by molar-refractivity contribution is -0.123. The molecule has 1 aliphatic rings. The molecule has 0 aromatic rings. The van der Waals surface area contributed by atoms with Crippen LogP contribution in [-0.2, 0) is 9.59 Å². The normalized spacial score (nSPS) is 18.6. The van der Waals surface area contributed by atoms with E-state index in [1.54, 1.807) is 0 Å². The van der Waals surface area contributed by atoms with E-state index in [2.05, 4.69) is 17.6 Å². The van der Waals surface area contributed by atoms with E-state index in [1.165, 1.54) is 44.9 Å². The van der Waals surface area contributed by atoms with Crippen molar-refractivity contribution in [3.05, 3.63) is 0 Å². The molecule has 0 bridgehead atoms. The van der Waals surface area contributed by atoms with E-state index in [0.717, 1.165) is 32.2 Å². The molecule has 1 saturated heterocycles. The van der Waals surface area contributed by atoms with Gasteiger partial charge < -0.3 is 10.6 Å². The minimum absolute atomic E-state index is 0.0357. The zero-order valence-electron chi connectivity index (χ0n) is 14.3. The van der Waals surface area contributed by atoms with E-state index < -0.39 is 0 Å². The molecule has 4 nitrogen and oxygen atoms in total. The molecular weight excluding hydrogens is 276 g/mol. The molecule has 1 aliphatic heterocycles. The number of nitrogens with one attached hydrogen (secondary N) is 2. The third-order valence-electron chi connectivity index (χ3n) is 4.36. The summed E-state index contributed by atoms with van der Waals surface area (Å²) in [4.78, 5) is 23.3. The molecule has 128 valence electrons. The van der Waals surface area contributed by atoms with E-state index in [4.69, 9.17) is 0 Å². The number of rotatable bonds is 11. The van der Waals surface area contributed by atoms with Gasteiger partial charge in [-0.05, 0) is 19.3 Å². The molecule has 1 fully saturated rings. The molecular formula is C18H34N2O2. The second-order valence-electron chi connectivity index (χ2n) is 6.54. The number of carbonyl (C=O) groups is 2. The fourth-order valence-electron chi connectivity index (χ4n) is 2.99. The minimum Gasteiger partial charge on any atom is -0.356 e. The lowest BCUT2D eigenvalue weighted by Crippen LogP contribution is -2.36. The van der Waals surface area contributed by atoms with Crippen LogP contribution in [0.15, 0.2) is 0 Å². The maximum atomic E-state index is 11.9. The van der Waals surface area contributed by atoms with Crippen LogP contribution in [0.5, 0.6) is 0 Å². The molecule has 0 aliphatic carbocycles. The summed E-state index contributed by atoms with van der Waals surface area (Å²) in [5.74, 6) is 0.175. The van der Waals surface area contributed by atoms with Crippen LogP contribution in [0.1, 0.15) is 90.4 Å². The van der Waals surface area contributed by atoms with Gasteiger partial charge in [-0.3, -0.25) is 9.59 Å². The Morgan fingerprint density at radius 2 is 1.73 bits per heavy atom. The van der Waals surface area contributed by atoms with Crippen LogP contribution in [0.2, 0.25) is 0 Å². The summed E-state index contributed by atoms with van der Waals surface area (Å²) in [6, 6.07) is 0.0357. The summed E-state index contributed by atoms with van der Waals surface area (Å²) >= 11 is 0. The molecule has 0 saturated carbocycles. The van der Waals surface area contributed by atoms with Crippen LogP contribution >= 0.6 is 0 Å². The first-order valence-corrected chi connectivity index (χ1v) is 9.28. The molecule has 22 heavy (non-hydrogen) atoms. The lowest BCUT2D eigenvalue weighted by Gasteiger charge is -2.15. The molecule has 1 rings (SSSR count). The first kappa shape index (κ1) is 19.0. The first-order valence-electron chi connectivity index (χ1n) is 9.28. The molecule has 0 aromatic carbocycles. The van der Waals surface area contributed by atoms with E-state index in [9.17, 15) is 9.59 Å². The summed E-state index contributed by atoms with van der Waals surface area (Å²) in [5, 5.41) is 5.86. The largest absolute Gasteiger partial charge is 0.356 e. The monoisotopic (exact) mass is 310 g/mol. The lowest BCUT2D eigenvalue weighted by atomic mass is 10.1. The Balaban J connectivity index is 1.95. The van der Waals surface area contributed by atoms with Gasteiger partial charge in [-0.1, -0.05) is 58.3 Å². The van der Waals surface area contributed by atoms with Gasteiger partial charge in [0.1, 0.15) is 0 Å². The van der Waals surface area contributed by atoms with Crippen LogP contribution in [0, 0.1) is 0 Å². The van der Waals surface area contributed by atoms with Crippen molar-refractivity contribution < 1.29 is 9.59 Å². The third kappa shape index (κ3) is 9.80. The van der Waals surface area contributed by atoms with E-state index in [0.29, 0.717) is 12.8 Å². The van der Waals surface area contributed by atoms with Crippen molar-refractivity contribution >= 4 is 11.8 Å². The first-order chi connectivity index (χ1) is 10.7. The molecule has 0 aromatic heterocycles. The number of amides is 2. The molecule has 0 radical (unpaired) electrons. The number of unbranched alkanes of at least 4 members (excludes halogenated alkanes) is 8. The second-order valence-corrected chi connectivity index (χ2v) is 6.54. The van der Waals surface area contributed by atoms with Gasteiger partial charge in [0.15, 0.2) is 0 Å². The van der Waals surface area contributed by atoms with Crippen LogP contribution < -0.4 is 10.6 Å². The number of hydrogen-bond acceptors (Lipinski definition) is 2. The van der Waals surface area contributed by atoms with Crippen LogP contribution in [-0.4, -0.2) is 24.4 Å². The Hall–Kier alpha value is -1.06. The smallest absolute Gasteiger partial charge is 0.222 e. The molecule has 4 heteroatoms. The van der Waals surface area contributed by atoms with Crippen molar-refractivity contribution in [2.75, 3.05) is 6.54 Å². The SMILES string of the molecule is CCCCCCCCCCCC(=O)NC1CCCNC(=O)C1. The minimum atomic E-state index is 0.0357. The average molecular weight is 310 g/mol. The predicted octanol–water partition coefficient (Wildman–Crippen LogP) is 3.69. The Morgan fingerprint density at radius 1 is 1.09 bits per heavy atom. The quantitative estimate of drug-likeness (QED) is 0.572. The Bertz CT molecular complexity index is 318. The van der Waals surface area contributed by atoms with E-state index >= 15 is 0 Å². The molecule has 1 unspecified atom stereocenters. The average Bonchev–Trinajstić information content (AvgIpc) is 2.69. The number of hydrogen-bond donors (Lipinski definition) is 2. The van der Waals surface area contributed by atoms with Gasteiger partial charge in [0, 0.05) is 25.4 Å². The standard InChI is InChI=1S/C18H34N2O2/c1-2-3-4-5-6-7-8-9-10-13-17(21)20-16-12-11-14-19-18(22)15-16/h16H,2-15H2,1H3,(H,19,22)(H,20,21). The highest BCUT2D eigenvalue weighted by Gasteiger charge is 2.18. The van der Waals surface area contributed by atoms with Crippen LogP contribution in [0.4, 0.5) is 0 Å². The Kier molecular flexibility index (Phi) is 10.8. The van der Waals surface area contributed by atoms with Crippen molar-refractivity contribution in [1.82, 2.24) is 10.6 Å². The van der Waals surface area contributed by atoms with Gasteiger partial charge >= 0.3 is 0 Å². The molecule has 2 amide bonds. The summed E-state index contributed by atoms with van der Waals surface area (Å²) in [6.45, 7) is 2.98. The van der Waals surface area contributed by atoms with E-state index in [-0.39, 0.29) is 17.9 Å². The fraction of sp³-hybridized carbons (Fsp3) is 0.889. The number of carbonyl (C=O) groups excluding carboxylic acids is 2. The second kappa shape index (κ2) is 12.5. The highest BCUT2D eigenvalue weighted by atomic mass is 16.2. The molecule has 2 N–H and O–H groups in total. The van der Waals surface area contributed by atoms with Gasteiger partial charge in [-0.2, -0.15) is 0 Å². The van der Waals surface area contributed by atoms with Crippen molar-refractivity contribution in [3.8, 4) is 0 Å². The Morgan fingerprint density at radius 3 is 2.41 bits per heavy atom. The molecule has 1 atom stereocenters. The van der Waals surface area contributed by atoms with Crippen molar-refractivity contribution in [2.45, 2.75) is 96.4 Å². The summed E-state index contributed by atoms with van der Waals surface area (Å²) in [7, 11) is 0. The summed E-state index contributed by atoms with van der Waals surface area (Å²) in [5.41, 5.74) is 0. The van der Waals surface area contributed by atoms with Crippen molar-refractivity contribution in [2.24, 2.45) is 0 Å². The maximum Gasteiger partial charge on any atom is 0.222 e. The van der Waals surface area contributed by atoms with Gasteiger partial charge in [0.25, 0.3) is 0 Å². The maximum absolute atomic E-state index is 11.9. The Labute approximate surface area is 135 Å². The third-order valence-corrected chi connectivity index (χ3v) is 4.36. The zero-order valence-corrected chi connectivity index (χ0v) is 14.3. The van der Waals surface area contributed by atoms with Gasteiger partial charge in [0.05, 0.1) is 0 Å². The highest BCUT2D eigenvalue weighted by molar-refractivity contribution is 5.79. The summed E-state index contributed by atoms with van der Waals surface area (Å²) in [6.07, 6.45) is 14.3. The van der Waals surface area contributed by atoms with Crippen LogP contribution in [0.3, 0.4) is 0 Å². The van der Waals surface area contributed by atoms with Gasteiger partial charge in [-0.25, -0.2) is 0 Å². The topological polar surface area (TPSA) is 58.2 Å². The molecule has 1 heterocycles. The highest BCUT2D eigenvalue weighted by Crippen LogP contribution is 2.11. The van der Waals surface area contributed by atoms with Gasteiger partial charge in [-0.15, -0.1) is 0 Å². The molecule has 0 spiro atoms. The van der Waals surface area contributed by atoms with E-state index in [1.807, 2.05) is 0 Å². The summed E-state index contributed by atoms with van der Waals surface area (Å²) < 4.78 is 0. The zero-order chi connectivity index (χ0) is 16.0. The van der Waals surface area contributed by atoms with Crippen molar-refractivity contribution in [3.63, 3.8) is 0 Å². The van der Waals surface area contributed by atoms with Crippen molar-refractivity contribution in [1.29, 1.82) is 0 Å². The van der Waals surface area contributed by atoms with Gasteiger partial charge in [0.2, 0.25) is 11.8 Å². The predicted molar refractivity (Wildman–Crippen MR) is 90.6 cm³/mol. The fourth-order valence-corrected chi connectivity index (χ4v) is 2.99.